The SMILES string of the molecule is Cc1cc(C(=O)CNc2cccc(C#N)c2)c(C)n1C1CCCC1. The average molecular weight is 321 g/mol. The quantitative estimate of drug-likeness (QED) is 0.831. The first-order valence-electron chi connectivity index (χ1n) is 8.56. The van der Waals surface area contributed by atoms with Crippen LogP contribution in [0.5, 0.6) is 0 Å². The molecule has 1 saturated carbocycles. The lowest BCUT2D eigenvalue weighted by atomic mass is 10.1. The number of rotatable bonds is 5. The van der Waals surface area contributed by atoms with Gasteiger partial charge in [-0.3, -0.25) is 4.79 Å². The van der Waals surface area contributed by atoms with E-state index in [1.165, 1.54) is 31.4 Å². The molecule has 124 valence electrons. The molecule has 1 N–H and O–H groups in total. The van der Waals surface area contributed by atoms with Gasteiger partial charge >= 0.3 is 0 Å². The van der Waals surface area contributed by atoms with Gasteiger partial charge in [0.1, 0.15) is 0 Å². The molecule has 0 spiro atoms. The van der Waals surface area contributed by atoms with E-state index in [1.54, 1.807) is 12.1 Å². The summed E-state index contributed by atoms with van der Waals surface area (Å²) < 4.78 is 2.34. The van der Waals surface area contributed by atoms with Gasteiger partial charge in [0, 0.05) is 28.7 Å². The van der Waals surface area contributed by atoms with Gasteiger partial charge < -0.3 is 9.88 Å². The molecule has 24 heavy (non-hydrogen) atoms. The van der Waals surface area contributed by atoms with Crippen molar-refractivity contribution in [1.82, 2.24) is 4.57 Å². The molecule has 1 aliphatic rings. The summed E-state index contributed by atoms with van der Waals surface area (Å²) in [5.74, 6) is 0.0923. The van der Waals surface area contributed by atoms with Crippen molar-refractivity contribution in [3.05, 3.63) is 52.8 Å². The number of nitriles is 1. The molecule has 1 aromatic carbocycles. The number of benzene rings is 1. The maximum atomic E-state index is 12.6. The molecule has 1 heterocycles. The smallest absolute Gasteiger partial charge is 0.183 e. The van der Waals surface area contributed by atoms with Gasteiger partial charge in [-0.2, -0.15) is 5.26 Å². The van der Waals surface area contributed by atoms with Crippen molar-refractivity contribution in [2.45, 2.75) is 45.6 Å². The molecule has 1 aliphatic carbocycles. The van der Waals surface area contributed by atoms with Crippen LogP contribution >= 0.6 is 0 Å². The van der Waals surface area contributed by atoms with Crippen molar-refractivity contribution >= 4 is 11.5 Å². The number of Topliss-reactive ketones (excluding diaryl/α,β-unsaturated/α-hetero) is 1. The fraction of sp³-hybridized carbons (Fsp3) is 0.400. The number of nitrogens with zero attached hydrogens (tertiary/aromatic N) is 2. The standard InChI is InChI=1S/C20H23N3O/c1-14-10-19(15(2)23(14)18-8-3-4-9-18)20(24)13-22-17-7-5-6-16(11-17)12-21/h5-7,10-11,18,22H,3-4,8-9,13H2,1-2H3. The highest BCUT2D eigenvalue weighted by atomic mass is 16.1. The van der Waals surface area contributed by atoms with E-state index in [0.29, 0.717) is 11.6 Å². The predicted molar refractivity (Wildman–Crippen MR) is 95.4 cm³/mol. The van der Waals surface area contributed by atoms with Crippen LogP contribution in [-0.2, 0) is 0 Å². The van der Waals surface area contributed by atoms with Crippen molar-refractivity contribution < 1.29 is 4.79 Å². The summed E-state index contributed by atoms with van der Waals surface area (Å²) in [4.78, 5) is 12.6. The van der Waals surface area contributed by atoms with E-state index in [2.05, 4.69) is 29.8 Å². The van der Waals surface area contributed by atoms with Crippen LogP contribution in [-0.4, -0.2) is 16.9 Å². The maximum Gasteiger partial charge on any atom is 0.183 e. The lowest BCUT2D eigenvalue weighted by molar-refractivity contribution is 0.101. The Labute approximate surface area is 143 Å². The fourth-order valence-electron chi connectivity index (χ4n) is 3.76. The number of nitrogens with one attached hydrogen (secondary N) is 1. The van der Waals surface area contributed by atoms with Crippen molar-refractivity contribution in [2.75, 3.05) is 11.9 Å². The first-order valence-corrected chi connectivity index (χ1v) is 8.56. The number of hydrogen-bond acceptors (Lipinski definition) is 3. The molecule has 0 unspecified atom stereocenters. The Hall–Kier alpha value is -2.54. The van der Waals surface area contributed by atoms with Crippen molar-refractivity contribution in [2.24, 2.45) is 0 Å². The molecule has 0 radical (unpaired) electrons. The first kappa shape index (κ1) is 16.3. The molecular weight excluding hydrogens is 298 g/mol. The number of ketones is 1. The Bertz CT molecular complexity index is 792. The minimum absolute atomic E-state index is 0.0923. The Morgan fingerprint density at radius 3 is 2.75 bits per heavy atom. The van der Waals surface area contributed by atoms with Crippen LogP contribution in [0.3, 0.4) is 0 Å². The molecule has 0 bridgehead atoms. The zero-order valence-corrected chi connectivity index (χ0v) is 14.3. The van der Waals surface area contributed by atoms with Gasteiger partial charge in [0.05, 0.1) is 18.2 Å². The van der Waals surface area contributed by atoms with Crippen LogP contribution in [0.25, 0.3) is 0 Å². The lowest BCUT2D eigenvalue weighted by Crippen LogP contribution is -2.15. The minimum Gasteiger partial charge on any atom is -0.378 e. The molecule has 4 nitrogen and oxygen atoms in total. The van der Waals surface area contributed by atoms with Gasteiger partial charge in [-0.05, 0) is 51.0 Å². The Morgan fingerprint density at radius 1 is 1.29 bits per heavy atom. The third kappa shape index (κ3) is 3.21. The molecule has 0 aliphatic heterocycles. The van der Waals surface area contributed by atoms with Crippen LogP contribution in [0.2, 0.25) is 0 Å². The van der Waals surface area contributed by atoms with Gasteiger partial charge in [0.2, 0.25) is 0 Å². The highest BCUT2D eigenvalue weighted by Gasteiger charge is 2.23. The number of anilines is 1. The summed E-state index contributed by atoms with van der Waals surface area (Å²) in [5.41, 5.74) is 4.45. The van der Waals surface area contributed by atoms with E-state index in [1.807, 2.05) is 18.2 Å². The minimum atomic E-state index is 0.0923. The second-order valence-electron chi connectivity index (χ2n) is 6.56. The van der Waals surface area contributed by atoms with Crippen molar-refractivity contribution in [1.29, 1.82) is 5.26 Å². The third-order valence-electron chi connectivity index (χ3n) is 4.92. The summed E-state index contributed by atoms with van der Waals surface area (Å²) >= 11 is 0. The van der Waals surface area contributed by atoms with E-state index in [0.717, 1.165) is 16.9 Å². The summed E-state index contributed by atoms with van der Waals surface area (Å²) in [6.07, 6.45) is 4.98. The second-order valence-corrected chi connectivity index (χ2v) is 6.56. The molecule has 4 heteroatoms. The molecule has 1 aromatic heterocycles. The van der Waals surface area contributed by atoms with Crippen LogP contribution in [0.4, 0.5) is 5.69 Å². The third-order valence-corrected chi connectivity index (χ3v) is 4.92. The zero-order chi connectivity index (χ0) is 17.1. The van der Waals surface area contributed by atoms with Crippen molar-refractivity contribution in [3.8, 4) is 6.07 Å². The number of hydrogen-bond donors (Lipinski definition) is 1. The van der Waals surface area contributed by atoms with E-state index in [9.17, 15) is 4.79 Å². The van der Waals surface area contributed by atoms with E-state index in [4.69, 9.17) is 5.26 Å². The van der Waals surface area contributed by atoms with Gasteiger partial charge in [-0.15, -0.1) is 0 Å². The van der Waals surface area contributed by atoms with Crippen LogP contribution in [0.15, 0.2) is 30.3 Å². The predicted octanol–water partition coefficient (Wildman–Crippen LogP) is 4.39. The molecule has 2 aromatic rings. The Balaban J connectivity index is 1.73. The van der Waals surface area contributed by atoms with Gasteiger partial charge in [-0.25, -0.2) is 0 Å². The number of carbonyl (C=O) groups excluding carboxylic acids is 1. The first-order chi connectivity index (χ1) is 11.6. The van der Waals surface area contributed by atoms with Crippen LogP contribution in [0, 0.1) is 25.2 Å². The molecule has 0 atom stereocenters. The summed E-state index contributed by atoms with van der Waals surface area (Å²) in [7, 11) is 0. The van der Waals surface area contributed by atoms with Crippen LogP contribution in [0.1, 0.15) is 59.0 Å². The lowest BCUT2D eigenvalue weighted by Gasteiger charge is -2.17. The summed E-state index contributed by atoms with van der Waals surface area (Å²) in [5, 5.41) is 12.1. The molecular formula is C20H23N3O. The van der Waals surface area contributed by atoms with Crippen molar-refractivity contribution in [3.63, 3.8) is 0 Å². The van der Waals surface area contributed by atoms with Gasteiger partial charge in [0.25, 0.3) is 0 Å². The molecule has 3 rings (SSSR count). The molecule has 1 fully saturated rings. The number of aryl methyl sites for hydroxylation is 1. The fourth-order valence-corrected chi connectivity index (χ4v) is 3.76. The van der Waals surface area contributed by atoms with Crippen LogP contribution < -0.4 is 5.32 Å². The number of carbonyl (C=O) groups is 1. The number of aromatic nitrogens is 1. The molecule has 0 saturated heterocycles. The summed E-state index contributed by atoms with van der Waals surface area (Å²) in [6.45, 7) is 4.38. The average Bonchev–Trinajstić information content (AvgIpc) is 3.20. The van der Waals surface area contributed by atoms with Gasteiger partial charge in [-0.1, -0.05) is 18.9 Å². The Kier molecular flexibility index (Phi) is 4.71. The largest absolute Gasteiger partial charge is 0.378 e. The topological polar surface area (TPSA) is 57.8 Å². The van der Waals surface area contributed by atoms with E-state index >= 15 is 0 Å². The Morgan fingerprint density at radius 2 is 2.04 bits per heavy atom. The highest BCUT2D eigenvalue weighted by Crippen LogP contribution is 2.33. The van der Waals surface area contributed by atoms with Gasteiger partial charge in [0.15, 0.2) is 5.78 Å². The monoisotopic (exact) mass is 321 g/mol. The summed E-state index contributed by atoms with van der Waals surface area (Å²) in [6, 6.07) is 11.9. The zero-order valence-electron chi connectivity index (χ0n) is 14.3. The molecule has 0 amide bonds. The van der Waals surface area contributed by atoms with E-state index in [-0.39, 0.29) is 12.3 Å². The normalized spacial score (nSPS) is 14.5. The van der Waals surface area contributed by atoms with E-state index < -0.39 is 0 Å². The maximum absolute atomic E-state index is 12.6. The highest BCUT2D eigenvalue weighted by molar-refractivity contribution is 6.00. The second kappa shape index (κ2) is 6.92.